The van der Waals surface area contributed by atoms with E-state index in [1.165, 1.54) is 4.90 Å². The number of hydrogen-bond donors (Lipinski definition) is 2. The van der Waals surface area contributed by atoms with Crippen molar-refractivity contribution < 1.29 is 9.59 Å². The minimum absolute atomic E-state index is 0. The molecule has 1 aromatic carbocycles. The first-order valence-corrected chi connectivity index (χ1v) is 9.49. The van der Waals surface area contributed by atoms with Gasteiger partial charge in [-0.3, -0.25) is 19.5 Å². The Labute approximate surface area is 187 Å². The van der Waals surface area contributed by atoms with Gasteiger partial charge in [-0.2, -0.15) is 5.10 Å². The summed E-state index contributed by atoms with van der Waals surface area (Å²) >= 11 is 0. The minimum Gasteiger partial charge on any atom is -0.355 e. The molecule has 0 aliphatic carbocycles. The molecule has 2 amide bonds. The number of halogens is 1. The molecular weight excluding hydrogens is 483 g/mol. The van der Waals surface area contributed by atoms with E-state index in [-0.39, 0.29) is 41.8 Å². The molecular formula is C20H27IN6O2. The standard InChI is InChI=1S/C20H26N6O2.HI/c1-15(16-6-3-7-17(14-16)26-12-5-10-23-26)24-20(21-2)22-11-13-25-18(27)8-4-9-19(25)28;/h3,5-7,10,12,14-15H,4,8-9,11,13H2,1-2H3,(H2,21,22,24);1H. The summed E-state index contributed by atoms with van der Waals surface area (Å²) in [6, 6.07) is 10.0. The Morgan fingerprint density at radius 2 is 2.00 bits per heavy atom. The van der Waals surface area contributed by atoms with Crippen LogP contribution >= 0.6 is 24.0 Å². The van der Waals surface area contributed by atoms with Gasteiger partial charge < -0.3 is 10.6 Å². The Bertz CT molecular complexity index is 836. The average Bonchev–Trinajstić information content (AvgIpc) is 3.24. The Kier molecular flexibility index (Phi) is 8.62. The molecule has 3 rings (SSSR count). The molecule has 9 heteroatoms. The number of amides is 2. The third kappa shape index (κ3) is 6.02. The van der Waals surface area contributed by atoms with E-state index in [1.807, 2.05) is 42.1 Å². The highest BCUT2D eigenvalue weighted by molar-refractivity contribution is 14.0. The number of nitrogens with one attached hydrogen (secondary N) is 2. The zero-order chi connectivity index (χ0) is 19.9. The minimum atomic E-state index is -0.0928. The summed E-state index contributed by atoms with van der Waals surface area (Å²) in [6.45, 7) is 2.85. The number of nitrogens with zero attached hydrogens (tertiary/aromatic N) is 4. The molecule has 8 nitrogen and oxygen atoms in total. The van der Waals surface area contributed by atoms with Gasteiger partial charge in [0.2, 0.25) is 11.8 Å². The van der Waals surface area contributed by atoms with Crippen LogP contribution in [0.4, 0.5) is 0 Å². The Balaban J connectivity index is 0.00000300. The number of imide groups is 1. The van der Waals surface area contributed by atoms with E-state index in [4.69, 9.17) is 0 Å². The lowest BCUT2D eigenvalue weighted by Crippen LogP contribution is -2.46. The highest BCUT2D eigenvalue weighted by atomic mass is 127. The summed E-state index contributed by atoms with van der Waals surface area (Å²) in [5.74, 6) is 0.434. The molecule has 2 N–H and O–H groups in total. The number of likely N-dealkylation sites (tertiary alicyclic amines) is 1. The lowest BCUT2D eigenvalue weighted by atomic mass is 10.1. The number of benzene rings is 1. The first-order valence-electron chi connectivity index (χ1n) is 9.49. The van der Waals surface area contributed by atoms with Gasteiger partial charge in [0.05, 0.1) is 11.7 Å². The van der Waals surface area contributed by atoms with Crippen molar-refractivity contribution >= 4 is 41.8 Å². The van der Waals surface area contributed by atoms with Gasteiger partial charge in [0.1, 0.15) is 0 Å². The predicted octanol–water partition coefficient (Wildman–Crippen LogP) is 2.26. The van der Waals surface area contributed by atoms with Gasteiger partial charge >= 0.3 is 0 Å². The maximum atomic E-state index is 11.9. The predicted molar refractivity (Wildman–Crippen MR) is 122 cm³/mol. The van der Waals surface area contributed by atoms with Crippen LogP contribution in [0.5, 0.6) is 0 Å². The van der Waals surface area contributed by atoms with Crippen molar-refractivity contribution in [2.45, 2.75) is 32.2 Å². The average molecular weight is 510 g/mol. The highest BCUT2D eigenvalue weighted by Crippen LogP contribution is 2.16. The monoisotopic (exact) mass is 510 g/mol. The Hall–Kier alpha value is -2.43. The van der Waals surface area contributed by atoms with E-state index in [1.54, 1.807) is 13.2 Å². The molecule has 1 fully saturated rings. The number of carbonyl (C=O) groups is 2. The lowest BCUT2D eigenvalue weighted by Gasteiger charge is -2.25. The van der Waals surface area contributed by atoms with Crippen molar-refractivity contribution in [1.82, 2.24) is 25.3 Å². The second kappa shape index (κ2) is 10.9. The number of piperidine rings is 1. The van der Waals surface area contributed by atoms with Gasteiger partial charge in [-0.1, -0.05) is 12.1 Å². The molecule has 1 aromatic heterocycles. The highest BCUT2D eigenvalue weighted by Gasteiger charge is 2.25. The molecule has 2 aromatic rings. The number of carbonyl (C=O) groups excluding carboxylic acids is 2. The Morgan fingerprint density at radius 1 is 1.24 bits per heavy atom. The molecule has 0 radical (unpaired) electrons. The van der Waals surface area contributed by atoms with Crippen molar-refractivity contribution in [3.8, 4) is 5.69 Å². The zero-order valence-electron chi connectivity index (χ0n) is 16.7. The van der Waals surface area contributed by atoms with Gasteiger partial charge in [0.15, 0.2) is 5.96 Å². The number of rotatable bonds is 6. The van der Waals surface area contributed by atoms with E-state index in [0.29, 0.717) is 38.3 Å². The van der Waals surface area contributed by atoms with Crippen molar-refractivity contribution in [2.75, 3.05) is 20.1 Å². The number of hydrogen-bond acceptors (Lipinski definition) is 4. The SMILES string of the molecule is CN=C(NCCN1C(=O)CCCC1=O)NC(C)c1cccc(-n2cccn2)c1.I. The van der Waals surface area contributed by atoms with Crippen LogP contribution in [0.3, 0.4) is 0 Å². The van der Waals surface area contributed by atoms with Crippen molar-refractivity contribution in [3.63, 3.8) is 0 Å². The topological polar surface area (TPSA) is 91.6 Å². The molecule has 1 aliphatic rings. The van der Waals surface area contributed by atoms with Crippen molar-refractivity contribution in [2.24, 2.45) is 4.99 Å². The molecule has 156 valence electrons. The van der Waals surface area contributed by atoms with Crippen LogP contribution in [-0.2, 0) is 9.59 Å². The number of aliphatic imine (C=N–C) groups is 1. The van der Waals surface area contributed by atoms with Crippen LogP contribution in [0.25, 0.3) is 5.69 Å². The van der Waals surface area contributed by atoms with Gasteiger partial charge in [0, 0.05) is 45.4 Å². The molecule has 0 bridgehead atoms. The summed E-state index contributed by atoms with van der Waals surface area (Å²) in [6.07, 6.45) is 5.20. The second-order valence-corrected chi connectivity index (χ2v) is 6.70. The summed E-state index contributed by atoms with van der Waals surface area (Å²) < 4.78 is 1.82. The van der Waals surface area contributed by atoms with Crippen LogP contribution in [0.2, 0.25) is 0 Å². The van der Waals surface area contributed by atoms with E-state index < -0.39 is 0 Å². The maximum absolute atomic E-state index is 11.9. The molecule has 1 unspecified atom stereocenters. The van der Waals surface area contributed by atoms with Gasteiger partial charge in [-0.05, 0) is 37.1 Å². The third-order valence-electron chi connectivity index (χ3n) is 4.73. The molecule has 1 atom stereocenters. The quantitative estimate of drug-likeness (QED) is 0.269. The van der Waals surface area contributed by atoms with E-state index in [9.17, 15) is 9.59 Å². The smallest absolute Gasteiger partial charge is 0.229 e. The molecule has 1 saturated heterocycles. The molecule has 29 heavy (non-hydrogen) atoms. The zero-order valence-corrected chi connectivity index (χ0v) is 19.0. The summed E-state index contributed by atoms with van der Waals surface area (Å²) in [5.41, 5.74) is 2.08. The molecule has 1 aliphatic heterocycles. The van der Waals surface area contributed by atoms with Crippen LogP contribution in [0.1, 0.15) is 37.8 Å². The lowest BCUT2D eigenvalue weighted by molar-refractivity contribution is -0.147. The molecule has 0 saturated carbocycles. The summed E-state index contributed by atoms with van der Waals surface area (Å²) in [5, 5.41) is 10.8. The first-order chi connectivity index (χ1) is 13.6. The Morgan fingerprint density at radius 3 is 2.66 bits per heavy atom. The molecule has 2 heterocycles. The fourth-order valence-corrected chi connectivity index (χ4v) is 3.18. The fraction of sp³-hybridized carbons (Fsp3) is 0.400. The van der Waals surface area contributed by atoms with E-state index >= 15 is 0 Å². The van der Waals surface area contributed by atoms with Crippen molar-refractivity contribution in [3.05, 3.63) is 48.3 Å². The van der Waals surface area contributed by atoms with Gasteiger partial charge in [-0.15, -0.1) is 24.0 Å². The normalized spacial score (nSPS) is 15.7. The van der Waals surface area contributed by atoms with Gasteiger partial charge in [0.25, 0.3) is 0 Å². The summed E-state index contributed by atoms with van der Waals surface area (Å²) in [7, 11) is 1.69. The van der Waals surface area contributed by atoms with E-state index in [0.717, 1.165) is 11.3 Å². The maximum Gasteiger partial charge on any atom is 0.229 e. The summed E-state index contributed by atoms with van der Waals surface area (Å²) in [4.78, 5) is 29.3. The van der Waals surface area contributed by atoms with Gasteiger partial charge in [-0.25, -0.2) is 4.68 Å². The third-order valence-corrected chi connectivity index (χ3v) is 4.73. The van der Waals surface area contributed by atoms with Crippen LogP contribution in [0.15, 0.2) is 47.7 Å². The molecule has 0 spiro atoms. The number of aromatic nitrogens is 2. The van der Waals surface area contributed by atoms with Crippen LogP contribution < -0.4 is 10.6 Å². The van der Waals surface area contributed by atoms with Crippen LogP contribution in [-0.4, -0.2) is 52.6 Å². The van der Waals surface area contributed by atoms with Crippen molar-refractivity contribution in [1.29, 1.82) is 0 Å². The van der Waals surface area contributed by atoms with E-state index in [2.05, 4.69) is 26.8 Å². The second-order valence-electron chi connectivity index (χ2n) is 6.70. The van der Waals surface area contributed by atoms with Crippen LogP contribution in [0, 0.1) is 0 Å². The fourth-order valence-electron chi connectivity index (χ4n) is 3.18. The first kappa shape index (κ1) is 22.9. The largest absolute Gasteiger partial charge is 0.355 e. The number of guanidine groups is 1.